The quantitative estimate of drug-likeness (QED) is 0.765. The number of hydrogen-bond donors (Lipinski definition) is 1. The summed E-state index contributed by atoms with van der Waals surface area (Å²) in [7, 11) is 2.00. The second-order valence-corrected chi connectivity index (χ2v) is 4.05. The largest absolute Gasteiger partial charge is 0.356 e. The Morgan fingerprint density at radius 2 is 2.27 bits per heavy atom. The van der Waals surface area contributed by atoms with Crippen molar-refractivity contribution in [1.82, 2.24) is 4.98 Å². The second kappa shape index (κ2) is 4.94. The van der Waals surface area contributed by atoms with Crippen LogP contribution in [0.25, 0.3) is 0 Å². The highest BCUT2D eigenvalue weighted by Gasteiger charge is 2.04. The minimum absolute atomic E-state index is 0.0398. The maximum Gasteiger partial charge on any atom is 0.128 e. The third-order valence-corrected chi connectivity index (χ3v) is 2.19. The lowest BCUT2D eigenvalue weighted by Crippen LogP contribution is -2.20. The smallest absolute Gasteiger partial charge is 0.128 e. The van der Waals surface area contributed by atoms with Crippen LogP contribution < -0.4 is 10.6 Å². The third-order valence-electron chi connectivity index (χ3n) is 2.19. The zero-order valence-corrected chi connectivity index (χ0v) is 9.70. The molecule has 0 radical (unpaired) electrons. The van der Waals surface area contributed by atoms with Gasteiger partial charge in [0.15, 0.2) is 0 Å². The summed E-state index contributed by atoms with van der Waals surface area (Å²) in [4.78, 5) is 6.42. The highest BCUT2D eigenvalue weighted by Crippen LogP contribution is 2.14. The molecule has 0 fully saturated rings. The molecule has 0 amide bonds. The van der Waals surface area contributed by atoms with Gasteiger partial charge in [-0.05, 0) is 25.5 Å². The molecule has 1 atom stereocenters. The van der Waals surface area contributed by atoms with Crippen LogP contribution in [0.3, 0.4) is 0 Å². The van der Waals surface area contributed by atoms with Gasteiger partial charge < -0.3 is 10.6 Å². The number of aromatic nitrogens is 1. The van der Waals surface area contributed by atoms with Crippen molar-refractivity contribution < 1.29 is 0 Å². The van der Waals surface area contributed by atoms with E-state index in [2.05, 4.69) is 16.5 Å². The van der Waals surface area contributed by atoms with Gasteiger partial charge in [-0.3, -0.25) is 0 Å². The molecule has 0 saturated carbocycles. The molecule has 3 nitrogen and oxygen atoms in total. The Balaban J connectivity index is 2.75. The van der Waals surface area contributed by atoms with Crippen molar-refractivity contribution in [3.8, 4) is 0 Å². The van der Waals surface area contributed by atoms with Crippen LogP contribution in [0.4, 0.5) is 5.82 Å². The van der Waals surface area contributed by atoms with E-state index >= 15 is 0 Å². The normalized spacial score (nSPS) is 12.3. The van der Waals surface area contributed by atoms with E-state index < -0.39 is 0 Å². The fourth-order valence-electron chi connectivity index (χ4n) is 1.38. The molecule has 1 aromatic rings. The zero-order chi connectivity index (χ0) is 11.4. The van der Waals surface area contributed by atoms with Crippen molar-refractivity contribution in [3.63, 3.8) is 0 Å². The molecule has 0 bridgehead atoms. The van der Waals surface area contributed by atoms with Gasteiger partial charge in [0.2, 0.25) is 0 Å². The molecule has 0 unspecified atom stereocenters. The van der Waals surface area contributed by atoms with Gasteiger partial charge in [-0.25, -0.2) is 4.98 Å². The molecule has 1 rings (SSSR count). The first-order valence-electron chi connectivity index (χ1n) is 5.07. The van der Waals surface area contributed by atoms with Crippen LogP contribution in [0.15, 0.2) is 30.5 Å². The van der Waals surface area contributed by atoms with Gasteiger partial charge in [-0.2, -0.15) is 0 Å². The van der Waals surface area contributed by atoms with E-state index in [0.717, 1.165) is 23.5 Å². The first-order chi connectivity index (χ1) is 7.00. The molecule has 0 saturated heterocycles. The van der Waals surface area contributed by atoms with E-state index in [1.807, 2.05) is 39.2 Å². The predicted octanol–water partition coefficient (Wildman–Crippen LogP) is 2.11. The summed E-state index contributed by atoms with van der Waals surface area (Å²) in [6, 6.07) is 4.04. The molecule has 0 aliphatic heterocycles. The first-order valence-corrected chi connectivity index (χ1v) is 5.07. The molecule has 0 aliphatic rings. The SMILES string of the molecule is C=C(C)CN(C)c1ccc([C@@H](C)N)cn1. The Kier molecular flexibility index (Phi) is 3.86. The summed E-state index contributed by atoms with van der Waals surface area (Å²) in [5.41, 5.74) is 7.93. The van der Waals surface area contributed by atoms with Gasteiger partial charge in [0.1, 0.15) is 5.82 Å². The van der Waals surface area contributed by atoms with Gasteiger partial charge in [0.05, 0.1) is 0 Å². The summed E-state index contributed by atoms with van der Waals surface area (Å²) in [5, 5.41) is 0. The third kappa shape index (κ3) is 3.36. The Bertz CT molecular complexity index is 327. The van der Waals surface area contributed by atoms with Crippen molar-refractivity contribution in [2.24, 2.45) is 5.73 Å². The van der Waals surface area contributed by atoms with Crippen molar-refractivity contribution in [2.45, 2.75) is 19.9 Å². The molecule has 0 aliphatic carbocycles. The van der Waals surface area contributed by atoms with Crippen molar-refractivity contribution in [2.75, 3.05) is 18.5 Å². The molecule has 2 N–H and O–H groups in total. The Morgan fingerprint density at radius 1 is 1.60 bits per heavy atom. The minimum Gasteiger partial charge on any atom is -0.356 e. The number of nitrogens with zero attached hydrogens (tertiary/aromatic N) is 2. The molecular weight excluding hydrogens is 186 g/mol. The average Bonchev–Trinajstić information content (AvgIpc) is 2.17. The van der Waals surface area contributed by atoms with E-state index in [1.54, 1.807) is 0 Å². The first kappa shape index (κ1) is 11.7. The summed E-state index contributed by atoms with van der Waals surface area (Å²) in [5.74, 6) is 0.947. The highest BCUT2D eigenvalue weighted by atomic mass is 15.2. The summed E-state index contributed by atoms with van der Waals surface area (Å²) < 4.78 is 0. The molecule has 1 heterocycles. The van der Waals surface area contributed by atoms with Crippen molar-refractivity contribution in [3.05, 3.63) is 36.0 Å². The van der Waals surface area contributed by atoms with Crippen LogP contribution in [-0.2, 0) is 0 Å². The van der Waals surface area contributed by atoms with Crippen LogP contribution in [0.2, 0.25) is 0 Å². The maximum atomic E-state index is 5.75. The van der Waals surface area contributed by atoms with Crippen LogP contribution in [0, 0.1) is 0 Å². The molecule has 0 spiro atoms. The van der Waals surface area contributed by atoms with E-state index in [0.29, 0.717) is 0 Å². The monoisotopic (exact) mass is 205 g/mol. The Labute approximate surface area is 91.6 Å². The number of likely N-dealkylation sites (N-methyl/N-ethyl adjacent to an activating group) is 1. The fourth-order valence-corrected chi connectivity index (χ4v) is 1.38. The number of anilines is 1. The standard InChI is InChI=1S/C12H19N3/c1-9(2)8-15(4)12-6-5-11(7-14-12)10(3)13/h5-7,10H,1,8,13H2,2-4H3/t10-/m1/s1. The lowest BCUT2D eigenvalue weighted by Gasteiger charge is -2.18. The number of pyridine rings is 1. The average molecular weight is 205 g/mol. The van der Waals surface area contributed by atoms with Crippen LogP contribution in [-0.4, -0.2) is 18.6 Å². The van der Waals surface area contributed by atoms with Gasteiger partial charge in [-0.1, -0.05) is 18.2 Å². The van der Waals surface area contributed by atoms with Gasteiger partial charge in [0.25, 0.3) is 0 Å². The fraction of sp³-hybridized carbons (Fsp3) is 0.417. The lowest BCUT2D eigenvalue weighted by molar-refractivity contribution is 0.809. The van der Waals surface area contributed by atoms with E-state index in [1.165, 1.54) is 0 Å². The van der Waals surface area contributed by atoms with Crippen LogP contribution in [0.1, 0.15) is 25.5 Å². The van der Waals surface area contributed by atoms with Crippen LogP contribution in [0.5, 0.6) is 0 Å². The van der Waals surface area contributed by atoms with Gasteiger partial charge in [-0.15, -0.1) is 0 Å². The lowest BCUT2D eigenvalue weighted by atomic mass is 10.1. The van der Waals surface area contributed by atoms with Gasteiger partial charge >= 0.3 is 0 Å². The summed E-state index contributed by atoms with van der Waals surface area (Å²) in [6.07, 6.45) is 1.83. The Morgan fingerprint density at radius 3 is 2.67 bits per heavy atom. The molecule has 0 aromatic carbocycles. The van der Waals surface area contributed by atoms with E-state index in [4.69, 9.17) is 5.73 Å². The minimum atomic E-state index is 0.0398. The molecule has 3 heteroatoms. The predicted molar refractivity (Wildman–Crippen MR) is 64.9 cm³/mol. The Hall–Kier alpha value is -1.35. The second-order valence-electron chi connectivity index (χ2n) is 4.05. The van der Waals surface area contributed by atoms with E-state index in [9.17, 15) is 0 Å². The van der Waals surface area contributed by atoms with Crippen LogP contribution >= 0.6 is 0 Å². The number of rotatable bonds is 4. The topological polar surface area (TPSA) is 42.1 Å². The van der Waals surface area contributed by atoms with Crippen molar-refractivity contribution in [1.29, 1.82) is 0 Å². The highest BCUT2D eigenvalue weighted by molar-refractivity contribution is 5.40. The number of hydrogen-bond acceptors (Lipinski definition) is 3. The molecule has 1 aromatic heterocycles. The van der Waals surface area contributed by atoms with Crippen molar-refractivity contribution >= 4 is 5.82 Å². The molecule has 82 valence electrons. The molecular formula is C12H19N3. The van der Waals surface area contributed by atoms with E-state index in [-0.39, 0.29) is 6.04 Å². The summed E-state index contributed by atoms with van der Waals surface area (Å²) >= 11 is 0. The zero-order valence-electron chi connectivity index (χ0n) is 9.70. The maximum absolute atomic E-state index is 5.75. The number of nitrogens with two attached hydrogens (primary N) is 1. The summed E-state index contributed by atoms with van der Waals surface area (Å²) in [6.45, 7) is 8.66. The molecule has 15 heavy (non-hydrogen) atoms. The van der Waals surface area contributed by atoms with Gasteiger partial charge in [0, 0.05) is 25.8 Å².